The Balaban J connectivity index is 2.19. The van der Waals surface area contributed by atoms with E-state index in [-0.39, 0.29) is 29.0 Å². The zero-order chi connectivity index (χ0) is 17.4. The van der Waals surface area contributed by atoms with Gasteiger partial charge in [-0.2, -0.15) is 0 Å². The van der Waals surface area contributed by atoms with Gasteiger partial charge in [0, 0.05) is 12.8 Å². The average Bonchev–Trinajstić information content (AvgIpc) is 2.46. The molecule has 2 aliphatic carbocycles. The van der Waals surface area contributed by atoms with E-state index in [1.165, 1.54) is 0 Å². The molecule has 3 heteroatoms. The van der Waals surface area contributed by atoms with Gasteiger partial charge in [-0.3, -0.25) is 9.59 Å². The normalized spacial score (nSPS) is 39.0. The summed E-state index contributed by atoms with van der Waals surface area (Å²) < 4.78 is 0. The summed E-state index contributed by atoms with van der Waals surface area (Å²) in [6.45, 7) is 13.1. The van der Waals surface area contributed by atoms with Crippen LogP contribution >= 0.6 is 0 Å². The minimum Gasteiger partial charge on any atom is -0.481 e. The number of carboxylic acids is 1. The van der Waals surface area contributed by atoms with Gasteiger partial charge < -0.3 is 5.11 Å². The second kappa shape index (κ2) is 6.41. The van der Waals surface area contributed by atoms with Gasteiger partial charge in [0.05, 0.1) is 0 Å². The molecule has 0 aliphatic heterocycles. The van der Waals surface area contributed by atoms with E-state index >= 15 is 0 Å². The van der Waals surface area contributed by atoms with E-state index in [0.717, 1.165) is 37.7 Å². The van der Waals surface area contributed by atoms with Crippen LogP contribution in [-0.2, 0) is 9.59 Å². The van der Waals surface area contributed by atoms with Gasteiger partial charge in [-0.1, -0.05) is 34.3 Å². The molecule has 5 unspecified atom stereocenters. The lowest BCUT2D eigenvalue weighted by Gasteiger charge is -2.58. The van der Waals surface area contributed by atoms with Crippen molar-refractivity contribution in [3.63, 3.8) is 0 Å². The molecule has 2 saturated carbocycles. The number of hydrogen-bond donors (Lipinski definition) is 1. The molecule has 3 nitrogen and oxygen atoms in total. The van der Waals surface area contributed by atoms with E-state index in [1.807, 2.05) is 6.92 Å². The average molecular weight is 320 g/mol. The van der Waals surface area contributed by atoms with E-state index in [1.54, 1.807) is 0 Å². The number of Topliss-reactive ketones (excluding diaryl/α,β-unsaturated/α-hetero) is 1. The molecule has 0 saturated heterocycles. The summed E-state index contributed by atoms with van der Waals surface area (Å²) >= 11 is 0. The van der Waals surface area contributed by atoms with Crippen LogP contribution in [0, 0.1) is 28.6 Å². The smallest absolute Gasteiger partial charge is 0.303 e. The number of carboxylic acid groups (broad SMARTS) is 1. The second-order valence-electron chi connectivity index (χ2n) is 8.60. The number of fused-ring (bicyclic) bond motifs is 1. The Morgan fingerprint density at radius 1 is 1.39 bits per heavy atom. The van der Waals surface area contributed by atoms with Crippen LogP contribution in [0.5, 0.6) is 0 Å². The zero-order valence-electron chi connectivity index (χ0n) is 15.2. The summed E-state index contributed by atoms with van der Waals surface area (Å²) in [4.78, 5) is 23.1. The standard InChI is InChI=1S/C20H32O3/c1-13(12-18(22)23)8-10-19(4)14(2)9-11-20(5)15(3)16(21)6-7-17(19)20/h13-14,17H,3,6-12H2,1-2,4-5H3,(H,22,23). The minimum atomic E-state index is -0.708. The maximum absolute atomic E-state index is 12.2. The summed E-state index contributed by atoms with van der Waals surface area (Å²) in [7, 11) is 0. The Morgan fingerprint density at radius 3 is 2.65 bits per heavy atom. The maximum atomic E-state index is 12.2. The molecule has 2 rings (SSSR count). The van der Waals surface area contributed by atoms with Crippen molar-refractivity contribution in [3.8, 4) is 0 Å². The topological polar surface area (TPSA) is 54.4 Å². The Morgan fingerprint density at radius 2 is 2.04 bits per heavy atom. The lowest BCUT2D eigenvalue weighted by atomic mass is 9.46. The van der Waals surface area contributed by atoms with Gasteiger partial charge in [-0.25, -0.2) is 0 Å². The van der Waals surface area contributed by atoms with Gasteiger partial charge in [0.15, 0.2) is 5.78 Å². The number of carbonyl (C=O) groups excluding carboxylic acids is 1. The summed E-state index contributed by atoms with van der Waals surface area (Å²) in [6.07, 6.45) is 6.02. The molecule has 5 atom stereocenters. The van der Waals surface area contributed by atoms with Crippen molar-refractivity contribution < 1.29 is 14.7 Å². The van der Waals surface area contributed by atoms with Gasteiger partial charge in [-0.05, 0) is 66.3 Å². The van der Waals surface area contributed by atoms with Crippen molar-refractivity contribution >= 4 is 11.8 Å². The summed E-state index contributed by atoms with van der Waals surface area (Å²) in [6, 6.07) is 0. The molecule has 130 valence electrons. The number of allylic oxidation sites excluding steroid dienone is 1. The molecule has 0 aromatic carbocycles. The third-order valence-corrected chi connectivity index (χ3v) is 7.17. The van der Waals surface area contributed by atoms with Crippen molar-refractivity contribution in [2.24, 2.45) is 28.6 Å². The van der Waals surface area contributed by atoms with Crippen molar-refractivity contribution in [3.05, 3.63) is 12.2 Å². The highest BCUT2D eigenvalue weighted by atomic mass is 16.4. The van der Waals surface area contributed by atoms with Gasteiger partial charge in [-0.15, -0.1) is 0 Å². The molecule has 2 fully saturated rings. The number of hydrogen-bond acceptors (Lipinski definition) is 2. The molecule has 0 bridgehead atoms. The Hall–Kier alpha value is -1.12. The van der Waals surface area contributed by atoms with Gasteiger partial charge >= 0.3 is 5.97 Å². The first-order valence-electron chi connectivity index (χ1n) is 9.05. The molecule has 1 N–H and O–H groups in total. The molecule has 0 aromatic heterocycles. The number of rotatable bonds is 5. The van der Waals surface area contributed by atoms with Gasteiger partial charge in [0.1, 0.15) is 0 Å². The summed E-state index contributed by atoms with van der Waals surface area (Å²) in [5.41, 5.74) is 0.946. The Kier molecular flexibility index (Phi) is 5.08. The lowest BCUT2D eigenvalue weighted by molar-refractivity contribution is -0.138. The highest BCUT2D eigenvalue weighted by Gasteiger charge is 2.55. The molecule has 0 spiro atoms. The van der Waals surface area contributed by atoms with Crippen LogP contribution in [0.4, 0.5) is 0 Å². The fraction of sp³-hybridized carbons (Fsp3) is 0.800. The van der Waals surface area contributed by atoms with Crippen LogP contribution in [0.2, 0.25) is 0 Å². The molecule has 23 heavy (non-hydrogen) atoms. The molecule has 0 radical (unpaired) electrons. The molecule has 0 aromatic rings. The summed E-state index contributed by atoms with van der Waals surface area (Å²) in [5.74, 6) is 0.846. The number of aliphatic carboxylic acids is 1. The third kappa shape index (κ3) is 3.25. The zero-order valence-corrected chi connectivity index (χ0v) is 15.2. The highest BCUT2D eigenvalue weighted by Crippen LogP contribution is 2.62. The summed E-state index contributed by atoms with van der Waals surface area (Å²) in [5, 5.41) is 8.98. The first-order chi connectivity index (χ1) is 10.6. The van der Waals surface area contributed by atoms with Crippen LogP contribution in [0.1, 0.15) is 72.6 Å². The monoisotopic (exact) mass is 320 g/mol. The largest absolute Gasteiger partial charge is 0.481 e. The van der Waals surface area contributed by atoms with Crippen LogP contribution in [0.25, 0.3) is 0 Å². The van der Waals surface area contributed by atoms with Crippen LogP contribution < -0.4 is 0 Å². The Bertz CT molecular complexity index is 509. The van der Waals surface area contributed by atoms with E-state index in [9.17, 15) is 9.59 Å². The first-order valence-corrected chi connectivity index (χ1v) is 9.05. The van der Waals surface area contributed by atoms with E-state index in [4.69, 9.17) is 5.11 Å². The predicted molar refractivity (Wildman–Crippen MR) is 92.1 cm³/mol. The Labute approximate surface area is 140 Å². The number of carbonyl (C=O) groups is 2. The van der Waals surface area contributed by atoms with Crippen LogP contribution in [-0.4, -0.2) is 16.9 Å². The van der Waals surface area contributed by atoms with Gasteiger partial charge in [0.25, 0.3) is 0 Å². The van der Waals surface area contributed by atoms with Gasteiger partial charge in [0.2, 0.25) is 0 Å². The van der Waals surface area contributed by atoms with Crippen molar-refractivity contribution in [1.29, 1.82) is 0 Å². The SMILES string of the molecule is C=C1C(=O)CCC2C1(C)CCC(C)C2(C)CCC(C)CC(=O)O. The van der Waals surface area contributed by atoms with Crippen LogP contribution in [0.15, 0.2) is 12.2 Å². The fourth-order valence-electron chi connectivity index (χ4n) is 5.22. The lowest BCUT2D eigenvalue weighted by Crippen LogP contribution is -2.52. The minimum absolute atomic E-state index is 0.0629. The van der Waals surface area contributed by atoms with E-state index in [0.29, 0.717) is 18.3 Å². The first kappa shape index (κ1) is 18.2. The van der Waals surface area contributed by atoms with Crippen molar-refractivity contribution in [2.75, 3.05) is 0 Å². The molecule has 2 aliphatic rings. The number of ketones is 1. The van der Waals surface area contributed by atoms with Crippen LogP contribution in [0.3, 0.4) is 0 Å². The fourth-order valence-corrected chi connectivity index (χ4v) is 5.22. The third-order valence-electron chi connectivity index (χ3n) is 7.17. The predicted octanol–water partition coefficient (Wildman–Crippen LogP) is 4.86. The van der Waals surface area contributed by atoms with E-state index in [2.05, 4.69) is 27.4 Å². The van der Waals surface area contributed by atoms with Crippen molar-refractivity contribution in [1.82, 2.24) is 0 Å². The van der Waals surface area contributed by atoms with Crippen molar-refractivity contribution in [2.45, 2.75) is 72.6 Å². The maximum Gasteiger partial charge on any atom is 0.303 e. The molecular formula is C20H32O3. The highest BCUT2D eigenvalue weighted by molar-refractivity contribution is 5.97. The second-order valence-corrected chi connectivity index (χ2v) is 8.60. The molecule has 0 amide bonds. The quantitative estimate of drug-likeness (QED) is 0.736. The van der Waals surface area contributed by atoms with E-state index < -0.39 is 5.97 Å². The molecular weight excluding hydrogens is 288 g/mol. The molecule has 0 heterocycles.